The lowest BCUT2D eigenvalue weighted by Crippen LogP contribution is -2.40. The topological polar surface area (TPSA) is 82.4 Å². The van der Waals surface area contributed by atoms with E-state index in [-0.39, 0.29) is 11.7 Å². The SMILES string of the molecule is Cc1c(C(=O)N2CCN(C)C[C@@H](C(N)=O)C2)[nH]c2ccc(F)cc12. The third-order valence-electron chi connectivity index (χ3n) is 4.65. The Morgan fingerprint density at radius 2 is 2.04 bits per heavy atom. The van der Waals surface area contributed by atoms with E-state index in [9.17, 15) is 14.0 Å². The van der Waals surface area contributed by atoms with Crippen LogP contribution >= 0.6 is 0 Å². The number of halogens is 1. The lowest BCUT2D eigenvalue weighted by atomic mass is 10.1. The van der Waals surface area contributed by atoms with E-state index in [1.807, 2.05) is 11.9 Å². The number of carbonyl (C=O) groups excluding carboxylic acids is 2. The largest absolute Gasteiger partial charge is 0.369 e. The van der Waals surface area contributed by atoms with Crippen molar-refractivity contribution in [1.82, 2.24) is 14.8 Å². The monoisotopic (exact) mass is 332 g/mol. The van der Waals surface area contributed by atoms with Crippen molar-refractivity contribution in [2.45, 2.75) is 6.92 Å². The highest BCUT2D eigenvalue weighted by atomic mass is 19.1. The highest BCUT2D eigenvalue weighted by molar-refractivity contribution is 6.01. The Kier molecular flexibility index (Phi) is 4.28. The minimum Gasteiger partial charge on any atom is -0.369 e. The fraction of sp³-hybridized carbons (Fsp3) is 0.412. The van der Waals surface area contributed by atoms with Gasteiger partial charge in [0.05, 0.1) is 5.92 Å². The maximum atomic E-state index is 13.5. The van der Waals surface area contributed by atoms with Crippen LogP contribution in [0.4, 0.5) is 4.39 Å². The number of aromatic amines is 1. The van der Waals surface area contributed by atoms with Gasteiger partial charge in [0.1, 0.15) is 11.5 Å². The molecule has 7 heteroatoms. The van der Waals surface area contributed by atoms with Crippen molar-refractivity contribution < 1.29 is 14.0 Å². The van der Waals surface area contributed by atoms with Gasteiger partial charge in [0.25, 0.3) is 5.91 Å². The molecule has 0 spiro atoms. The summed E-state index contributed by atoms with van der Waals surface area (Å²) in [5.74, 6) is -1.33. The molecule has 2 heterocycles. The Labute approximate surface area is 139 Å². The number of primary amides is 1. The second-order valence-corrected chi connectivity index (χ2v) is 6.43. The van der Waals surface area contributed by atoms with Crippen molar-refractivity contribution in [1.29, 1.82) is 0 Å². The molecule has 3 N–H and O–H groups in total. The molecule has 1 aromatic carbocycles. The quantitative estimate of drug-likeness (QED) is 0.864. The first-order valence-corrected chi connectivity index (χ1v) is 7.91. The van der Waals surface area contributed by atoms with E-state index in [1.54, 1.807) is 17.9 Å². The van der Waals surface area contributed by atoms with Crippen molar-refractivity contribution >= 4 is 22.7 Å². The molecule has 0 saturated carbocycles. The zero-order chi connectivity index (χ0) is 17.4. The lowest BCUT2D eigenvalue weighted by molar-refractivity contribution is -0.122. The summed E-state index contributed by atoms with van der Waals surface area (Å²) in [5.41, 5.74) is 7.32. The van der Waals surface area contributed by atoms with E-state index >= 15 is 0 Å². The number of aryl methyl sites for hydroxylation is 1. The van der Waals surface area contributed by atoms with Crippen LogP contribution in [0, 0.1) is 18.7 Å². The summed E-state index contributed by atoms with van der Waals surface area (Å²) in [7, 11) is 1.90. The summed E-state index contributed by atoms with van der Waals surface area (Å²) < 4.78 is 13.5. The number of nitrogens with two attached hydrogens (primary N) is 1. The fourth-order valence-electron chi connectivity index (χ4n) is 3.21. The van der Waals surface area contributed by atoms with Crippen LogP contribution in [0.15, 0.2) is 18.2 Å². The summed E-state index contributed by atoms with van der Waals surface area (Å²) in [6.07, 6.45) is 0. The van der Waals surface area contributed by atoms with Crippen LogP contribution in [0.5, 0.6) is 0 Å². The first-order chi connectivity index (χ1) is 11.4. The van der Waals surface area contributed by atoms with Gasteiger partial charge in [-0.05, 0) is 37.7 Å². The molecule has 2 aromatic rings. The number of H-pyrrole nitrogens is 1. The van der Waals surface area contributed by atoms with E-state index in [2.05, 4.69) is 4.98 Å². The zero-order valence-corrected chi connectivity index (χ0v) is 13.8. The first kappa shape index (κ1) is 16.4. The number of carbonyl (C=O) groups is 2. The lowest BCUT2D eigenvalue weighted by Gasteiger charge is -2.22. The van der Waals surface area contributed by atoms with Gasteiger partial charge >= 0.3 is 0 Å². The molecule has 1 aliphatic heterocycles. The van der Waals surface area contributed by atoms with Crippen molar-refractivity contribution in [2.24, 2.45) is 11.7 Å². The van der Waals surface area contributed by atoms with E-state index in [0.717, 1.165) is 5.52 Å². The molecule has 3 rings (SSSR count). The van der Waals surface area contributed by atoms with Gasteiger partial charge in [-0.15, -0.1) is 0 Å². The molecule has 2 amide bonds. The van der Waals surface area contributed by atoms with E-state index in [4.69, 9.17) is 5.73 Å². The molecular formula is C17H21FN4O2. The van der Waals surface area contributed by atoms with Gasteiger partial charge in [-0.1, -0.05) is 0 Å². The molecule has 1 fully saturated rings. The Balaban J connectivity index is 1.93. The summed E-state index contributed by atoms with van der Waals surface area (Å²) in [6.45, 7) is 3.81. The molecule has 128 valence electrons. The summed E-state index contributed by atoms with van der Waals surface area (Å²) in [4.78, 5) is 31.3. The Bertz CT molecular complexity index is 801. The van der Waals surface area contributed by atoms with Crippen LogP contribution in [-0.4, -0.2) is 59.8 Å². The highest BCUT2D eigenvalue weighted by Gasteiger charge is 2.29. The maximum absolute atomic E-state index is 13.5. The number of likely N-dealkylation sites (N-methyl/N-ethyl adjacent to an activating group) is 1. The van der Waals surface area contributed by atoms with Gasteiger partial charge in [0.15, 0.2) is 0 Å². The van der Waals surface area contributed by atoms with Gasteiger partial charge in [0, 0.05) is 37.1 Å². The minimum atomic E-state index is -0.406. The smallest absolute Gasteiger partial charge is 0.270 e. The van der Waals surface area contributed by atoms with Crippen LogP contribution < -0.4 is 5.73 Å². The van der Waals surface area contributed by atoms with Gasteiger partial charge < -0.3 is 20.5 Å². The maximum Gasteiger partial charge on any atom is 0.270 e. The van der Waals surface area contributed by atoms with Gasteiger partial charge in [-0.25, -0.2) is 4.39 Å². The van der Waals surface area contributed by atoms with E-state index in [0.29, 0.717) is 42.8 Å². The van der Waals surface area contributed by atoms with Crippen LogP contribution in [0.1, 0.15) is 16.1 Å². The number of hydrogen-bond donors (Lipinski definition) is 2. The normalized spacial score (nSPS) is 19.5. The van der Waals surface area contributed by atoms with Gasteiger partial charge in [-0.2, -0.15) is 0 Å². The van der Waals surface area contributed by atoms with Crippen LogP contribution in [0.2, 0.25) is 0 Å². The van der Waals surface area contributed by atoms with Crippen molar-refractivity contribution in [3.05, 3.63) is 35.3 Å². The number of nitrogens with zero attached hydrogens (tertiary/aromatic N) is 2. The number of hydrogen-bond acceptors (Lipinski definition) is 3. The molecule has 1 atom stereocenters. The second-order valence-electron chi connectivity index (χ2n) is 6.43. The molecule has 1 aliphatic rings. The average molecular weight is 332 g/mol. The minimum absolute atomic E-state index is 0.189. The van der Waals surface area contributed by atoms with E-state index < -0.39 is 11.8 Å². The number of nitrogens with one attached hydrogen (secondary N) is 1. The predicted octanol–water partition coefficient (Wildman–Crippen LogP) is 1.10. The van der Waals surface area contributed by atoms with Gasteiger partial charge in [-0.3, -0.25) is 9.59 Å². The third-order valence-corrected chi connectivity index (χ3v) is 4.65. The van der Waals surface area contributed by atoms with Crippen LogP contribution in [0.25, 0.3) is 10.9 Å². The highest BCUT2D eigenvalue weighted by Crippen LogP contribution is 2.24. The number of fused-ring (bicyclic) bond motifs is 1. The molecule has 6 nitrogen and oxygen atoms in total. The molecule has 0 unspecified atom stereocenters. The second kappa shape index (κ2) is 6.24. The molecule has 24 heavy (non-hydrogen) atoms. The van der Waals surface area contributed by atoms with Gasteiger partial charge in [0.2, 0.25) is 5.91 Å². The Hall–Kier alpha value is -2.41. The molecule has 1 saturated heterocycles. The van der Waals surface area contributed by atoms with Crippen molar-refractivity contribution in [3.8, 4) is 0 Å². The van der Waals surface area contributed by atoms with Crippen molar-refractivity contribution in [2.75, 3.05) is 33.2 Å². The predicted molar refractivity (Wildman–Crippen MR) is 89.1 cm³/mol. The molecular weight excluding hydrogens is 311 g/mol. The Morgan fingerprint density at radius 3 is 2.75 bits per heavy atom. The number of aromatic nitrogens is 1. The summed E-state index contributed by atoms with van der Waals surface area (Å²) >= 11 is 0. The molecule has 1 aromatic heterocycles. The average Bonchev–Trinajstić information content (AvgIpc) is 2.73. The number of benzene rings is 1. The summed E-state index contributed by atoms with van der Waals surface area (Å²) in [5, 5.41) is 0.691. The number of amides is 2. The van der Waals surface area contributed by atoms with Crippen molar-refractivity contribution in [3.63, 3.8) is 0 Å². The standard InChI is InChI=1S/C17H21FN4O2/c1-10-13-7-12(18)3-4-14(13)20-15(10)17(24)22-6-5-21(2)8-11(9-22)16(19)23/h3-4,7,11,20H,5-6,8-9H2,1-2H3,(H2,19,23)/t11-/m1/s1. The molecule has 0 aliphatic carbocycles. The molecule has 0 radical (unpaired) electrons. The summed E-state index contributed by atoms with van der Waals surface area (Å²) in [6, 6.07) is 4.40. The fourth-order valence-corrected chi connectivity index (χ4v) is 3.21. The zero-order valence-electron chi connectivity index (χ0n) is 13.8. The third kappa shape index (κ3) is 2.99. The van der Waals surface area contributed by atoms with Crippen LogP contribution in [0.3, 0.4) is 0 Å². The van der Waals surface area contributed by atoms with E-state index in [1.165, 1.54) is 12.1 Å². The van der Waals surface area contributed by atoms with Crippen LogP contribution in [-0.2, 0) is 4.79 Å². The number of rotatable bonds is 2. The molecule has 0 bridgehead atoms. The Morgan fingerprint density at radius 1 is 1.29 bits per heavy atom. The first-order valence-electron chi connectivity index (χ1n) is 7.91.